The molecule has 1 aliphatic rings. The van der Waals surface area contributed by atoms with Crippen LogP contribution >= 0.6 is 0 Å². The third-order valence-corrected chi connectivity index (χ3v) is 3.90. The van der Waals surface area contributed by atoms with Gasteiger partial charge >= 0.3 is 5.97 Å². The Hall–Kier alpha value is -1.36. The predicted octanol–water partition coefficient (Wildman–Crippen LogP) is 1.63. The molecule has 18 heavy (non-hydrogen) atoms. The van der Waals surface area contributed by atoms with Crippen LogP contribution in [0.2, 0.25) is 0 Å². The highest BCUT2D eigenvalue weighted by Crippen LogP contribution is 2.38. The van der Waals surface area contributed by atoms with Gasteiger partial charge in [-0.2, -0.15) is 5.10 Å². The molecule has 100 valence electrons. The molecule has 2 heterocycles. The number of ether oxygens (including phenoxy) is 1. The van der Waals surface area contributed by atoms with Crippen molar-refractivity contribution in [3.8, 4) is 0 Å². The van der Waals surface area contributed by atoms with E-state index in [4.69, 9.17) is 4.74 Å². The van der Waals surface area contributed by atoms with Crippen molar-refractivity contribution >= 4 is 5.97 Å². The Labute approximate surface area is 107 Å². The van der Waals surface area contributed by atoms with Gasteiger partial charge in [0.1, 0.15) is 5.41 Å². The van der Waals surface area contributed by atoms with Crippen LogP contribution in [-0.2, 0) is 22.5 Å². The fourth-order valence-electron chi connectivity index (χ4n) is 2.71. The summed E-state index contributed by atoms with van der Waals surface area (Å²) in [5.41, 5.74) is 1.10. The summed E-state index contributed by atoms with van der Waals surface area (Å²) in [5.74, 6) is -0.769. The third-order valence-electron chi connectivity index (χ3n) is 3.90. The van der Waals surface area contributed by atoms with Crippen LogP contribution in [-0.4, -0.2) is 33.6 Å². The molecule has 1 N–H and O–H groups in total. The number of hydrogen-bond acceptors (Lipinski definition) is 3. The Kier molecular flexibility index (Phi) is 3.43. The van der Waals surface area contributed by atoms with Gasteiger partial charge in [0.05, 0.1) is 11.8 Å². The van der Waals surface area contributed by atoms with Crippen LogP contribution in [0.4, 0.5) is 0 Å². The number of carboxylic acids is 1. The summed E-state index contributed by atoms with van der Waals surface area (Å²) in [5, 5.41) is 13.9. The minimum Gasteiger partial charge on any atom is -0.481 e. The molecule has 1 aromatic rings. The van der Waals surface area contributed by atoms with E-state index in [0.717, 1.165) is 17.9 Å². The monoisotopic (exact) mass is 252 g/mol. The van der Waals surface area contributed by atoms with Gasteiger partial charge in [0.15, 0.2) is 0 Å². The van der Waals surface area contributed by atoms with E-state index in [1.54, 1.807) is 0 Å². The van der Waals surface area contributed by atoms with Gasteiger partial charge in [-0.05, 0) is 33.3 Å². The second-order valence-electron chi connectivity index (χ2n) is 4.99. The second kappa shape index (κ2) is 4.72. The Bertz CT molecular complexity index is 455. The topological polar surface area (TPSA) is 64.4 Å². The molecule has 0 radical (unpaired) electrons. The summed E-state index contributed by atoms with van der Waals surface area (Å²) in [6.45, 7) is 7.07. The summed E-state index contributed by atoms with van der Waals surface area (Å²) in [6.07, 6.45) is 0.797. The van der Waals surface area contributed by atoms with Crippen molar-refractivity contribution in [3.05, 3.63) is 17.5 Å². The van der Waals surface area contributed by atoms with Gasteiger partial charge in [-0.3, -0.25) is 9.48 Å². The lowest BCUT2D eigenvalue weighted by molar-refractivity contribution is -0.151. The molecule has 0 spiro atoms. The maximum absolute atomic E-state index is 11.6. The average Bonchev–Trinajstić information content (AvgIpc) is 2.84. The Morgan fingerprint density at radius 3 is 2.94 bits per heavy atom. The van der Waals surface area contributed by atoms with E-state index in [0.29, 0.717) is 19.4 Å². The molecule has 2 rings (SSSR count). The molecule has 0 aliphatic carbocycles. The van der Waals surface area contributed by atoms with Crippen LogP contribution in [0.3, 0.4) is 0 Å². The van der Waals surface area contributed by atoms with Crippen molar-refractivity contribution in [3.63, 3.8) is 0 Å². The summed E-state index contributed by atoms with van der Waals surface area (Å²) in [4.78, 5) is 11.6. The maximum atomic E-state index is 11.6. The van der Waals surface area contributed by atoms with E-state index in [9.17, 15) is 9.90 Å². The summed E-state index contributed by atoms with van der Waals surface area (Å²) < 4.78 is 7.35. The van der Waals surface area contributed by atoms with Crippen molar-refractivity contribution in [2.45, 2.75) is 46.3 Å². The molecule has 2 atom stereocenters. The number of aliphatic carboxylic acids is 1. The molecule has 5 nitrogen and oxygen atoms in total. The minimum atomic E-state index is -0.806. The molecule has 1 aliphatic heterocycles. The van der Waals surface area contributed by atoms with Crippen LogP contribution in [0.25, 0.3) is 0 Å². The molecule has 2 unspecified atom stereocenters. The van der Waals surface area contributed by atoms with Crippen molar-refractivity contribution in [2.24, 2.45) is 5.41 Å². The van der Waals surface area contributed by atoms with Crippen molar-refractivity contribution < 1.29 is 14.6 Å². The second-order valence-corrected chi connectivity index (χ2v) is 4.99. The SMILES string of the molecule is CCn1nc(C)cc1CC1(C(=O)O)CCOC1C. The van der Waals surface area contributed by atoms with Crippen LogP contribution in [0.1, 0.15) is 31.7 Å². The number of aromatic nitrogens is 2. The van der Waals surface area contributed by atoms with Gasteiger partial charge < -0.3 is 9.84 Å². The fourth-order valence-corrected chi connectivity index (χ4v) is 2.71. The summed E-state index contributed by atoms with van der Waals surface area (Å²) in [7, 11) is 0. The molecule has 0 bridgehead atoms. The zero-order chi connectivity index (χ0) is 13.3. The molecule has 1 aromatic heterocycles. The number of nitrogens with zero attached hydrogens (tertiary/aromatic N) is 2. The fraction of sp³-hybridized carbons (Fsp3) is 0.692. The molecule has 0 saturated carbocycles. The highest BCUT2D eigenvalue weighted by molar-refractivity contribution is 5.76. The average molecular weight is 252 g/mol. The minimum absolute atomic E-state index is 0.254. The van der Waals surface area contributed by atoms with E-state index in [-0.39, 0.29) is 6.10 Å². The summed E-state index contributed by atoms with van der Waals surface area (Å²) in [6, 6.07) is 1.97. The maximum Gasteiger partial charge on any atom is 0.312 e. The lowest BCUT2D eigenvalue weighted by Gasteiger charge is -2.27. The van der Waals surface area contributed by atoms with Crippen molar-refractivity contribution in [1.29, 1.82) is 0 Å². The molecule has 5 heteroatoms. The summed E-state index contributed by atoms with van der Waals surface area (Å²) >= 11 is 0. The molecular formula is C13H20N2O3. The largest absolute Gasteiger partial charge is 0.481 e. The Morgan fingerprint density at radius 2 is 2.44 bits per heavy atom. The van der Waals surface area contributed by atoms with Crippen LogP contribution in [0.5, 0.6) is 0 Å². The molecule has 1 saturated heterocycles. The highest BCUT2D eigenvalue weighted by atomic mass is 16.5. The molecule has 0 amide bonds. The number of carboxylic acid groups (broad SMARTS) is 1. The number of aryl methyl sites for hydroxylation is 2. The van der Waals surface area contributed by atoms with Gasteiger partial charge in [-0.15, -0.1) is 0 Å². The lowest BCUT2D eigenvalue weighted by Crippen LogP contribution is -2.40. The van der Waals surface area contributed by atoms with Gasteiger partial charge in [0, 0.05) is 25.3 Å². The predicted molar refractivity (Wildman–Crippen MR) is 66.4 cm³/mol. The van der Waals surface area contributed by atoms with Crippen LogP contribution in [0.15, 0.2) is 6.07 Å². The van der Waals surface area contributed by atoms with Gasteiger partial charge in [0.25, 0.3) is 0 Å². The number of carbonyl (C=O) groups is 1. The number of hydrogen-bond donors (Lipinski definition) is 1. The van der Waals surface area contributed by atoms with Gasteiger partial charge in [-0.25, -0.2) is 0 Å². The third kappa shape index (κ3) is 2.03. The van der Waals surface area contributed by atoms with Crippen molar-refractivity contribution in [1.82, 2.24) is 9.78 Å². The van der Waals surface area contributed by atoms with Gasteiger partial charge in [-0.1, -0.05) is 0 Å². The first kappa shape index (κ1) is 13.1. The number of rotatable bonds is 4. The van der Waals surface area contributed by atoms with Crippen LogP contribution < -0.4 is 0 Å². The van der Waals surface area contributed by atoms with Crippen molar-refractivity contribution in [2.75, 3.05) is 6.61 Å². The van der Waals surface area contributed by atoms with E-state index in [2.05, 4.69) is 5.10 Å². The highest BCUT2D eigenvalue weighted by Gasteiger charge is 2.48. The zero-order valence-corrected chi connectivity index (χ0v) is 11.1. The lowest BCUT2D eigenvalue weighted by atomic mass is 9.77. The first-order valence-electron chi connectivity index (χ1n) is 6.38. The molecule has 1 fully saturated rings. The molecular weight excluding hydrogens is 232 g/mol. The normalized spacial score (nSPS) is 27.6. The molecule has 0 aromatic carbocycles. The Balaban J connectivity index is 2.32. The quantitative estimate of drug-likeness (QED) is 0.884. The smallest absolute Gasteiger partial charge is 0.312 e. The standard InChI is InChI=1S/C13H20N2O3/c1-4-15-11(7-9(2)14-15)8-13(12(16)17)5-6-18-10(13)3/h7,10H,4-6,8H2,1-3H3,(H,16,17). The van der Waals surface area contributed by atoms with E-state index in [1.807, 2.05) is 31.5 Å². The van der Waals surface area contributed by atoms with Gasteiger partial charge in [0.2, 0.25) is 0 Å². The first-order chi connectivity index (χ1) is 8.49. The first-order valence-corrected chi connectivity index (χ1v) is 6.38. The van der Waals surface area contributed by atoms with E-state index < -0.39 is 11.4 Å². The zero-order valence-electron chi connectivity index (χ0n) is 11.1. The van der Waals surface area contributed by atoms with Crippen LogP contribution in [0, 0.1) is 12.3 Å². The van der Waals surface area contributed by atoms with E-state index >= 15 is 0 Å². The van der Waals surface area contributed by atoms with E-state index in [1.165, 1.54) is 0 Å². The Morgan fingerprint density at radius 1 is 1.72 bits per heavy atom.